The molecule has 0 aliphatic heterocycles. The topological polar surface area (TPSA) is 322 Å². The molecule has 22 nitrogen and oxygen atoms in total. The average Bonchev–Trinajstić information content (AvgIpc) is 1.31. The van der Waals surface area contributed by atoms with Crippen molar-refractivity contribution >= 4 is 63.0 Å². The average molecular weight is 1250 g/mol. The molecule has 89 heavy (non-hydrogen) atoms. The third-order valence-corrected chi connectivity index (χ3v) is 15.8. The summed E-state index contributed by atoms with van der Waals surface area (Å²) in [7, 11) is 0. The van der Waals surface area contributed by atoms with Gasteiger partial charge >= 0.3 is 0 Å². The van der Waals surface area contributed by atoms with Crippen LogP contribution in [0.3, 0.4) is 0 Å². The Kier molecular flexibility index (Phi) is 23.1. The summed E-state index contributed by atoms with van der Waals surface area (Å²) >= 11 is 12.0. The van der Waals surface area contributed by atoms with Gasteiger partial charge in [0.2, 0.25) is 0 Å². The lowest BCUT2D eigenvalue weighted by atomic mass is 9.90. The highest BCUT2D eigenvalue weighted by molar-refractivity contribution is 6.33. The number of nitro groups is 7. The largest absolute Gasteiger partial charge is 0.508 e. The van der Waals surface area contributed by atoms with Crippen molar-refractivity contribution in [3.05, 3.63) is 340 Å². The Morgan fingerprint density at radius 1 is 0.303 bits per heavy atom. The van der Waals surface area contributed by atoms with Gasteiger partial charge in [0.15, 0.2) is 0 Å². The smallest absolute Gasteiger partial charge is 0.295 e. The Balaban J connectivity index is 0.000000191. The molecule has 0 radical (unpaired) electrons. The van der Waals surface area contributed by atoms with Gasteiger partial charge in [-0.25, -0.2) is 0 Å². The number of aromatic hydroxyl groups is 1. The van der Waals surface area contributed by atoms with E-state index in [2.05, 4.69) is 0 Å². The van der Waals surface area contributed by atoms with Crippen LogP contribution >= 0.6 is 23.2 Å². The first-order valence-electron chi connectivity index (χ1n) is 27.0. The summed E-state index contributed by atoms with van der Waals surface area (Å²) in [4.78, 5) is 74.7. The van der Waals surface area contributed by atoms with Crippen molar-refractivity contribution in [1.29, 1.82) is 0 Å². The van der Waals surface area contributed by atoms with Gasteiger partial charge in [0.25, 0.3) is 39.8 Å². The molecule has 0 aromatic heterocycles. The number of hydrogen-bond donors (Lipinski definition) is 1. The van der Waals surface area contributed by atoms with Gasteiger partial charge < -0.3 is 5.11 Å². The zero-order valence-corrected chi connectivity index (χ0v) is 50.3. The Morgan fingerprint density at radius 3 is 0.966 bits per heavy atom. The summed E-state index contributed by atoms with van der Waals surface area (Å²) in [6, 6.07) is 48.7. The number of phenols is 1. The SMILES string of the molecule is Cc1c(Cc2ccccc2)c([N+](=O)[O-])cc([N+](=O)[O-])c1Cc1ccccc1.Cc1c(Cl)ccc([N+](=O)[O-])c1Cc1ccccc1.Cc1c([N+](=O)[O-])cc([N+](=O)[O-])c(Cc2ccccc2)c1C.Cc1cccc(O)c1Cc1c([N+](=O)[O-])cc([N+](=O)[O-])c(Cl)c1C. The number of benzene rings is 9. The minimum Gasteiger partial charge on any atom is -0.508 e. The second kappa shape index (κ2) is 30.5. The zero-order valence-electron chi connectivity index (χ0n) is 48.8. The van der Waals surface area contributed by atoms with Gasteiger partial charge in [-0.15, -0.1) is 0 Å². The van der Waals surface area contributed by atoms with Crippen LogP contribution in [-0.4, -0.2) is 39.6 Å². The first kappa shape index (κ1) is 67.3. The van der Waals surface area contributed by atoms with Crippen LogP contribution in [0.4, 0.5) is 39.8 Å². The molecule has 0 saturated carbocycles. The van der Waals surface area contributed by atoms with Crippen LogP contribution in [0.25, 0.3) is 0 Å². The molecule has 9 aromatic carbocycles. The van der Waals surface area contributed by atoms with Crippen molar-refractivity contribution in [2.45, 2.75) is 73.6 Å². The minimum absolute atomic E-state index is 0.00757. The van der Waals surface area contributed by atoms with Crippen molar-refractivity contribution in [3.8, 4) is 5.75 Å². The predicted octanol–water partition coefficient (Wildman–Crippen LogP) is 16.9. The molecule has 0 bridgehead atoms. The molecule has 0 amide bonds. The lowest BCUT2D eigenvalue weighted by Crippen LogP contribution is -2.07. The van der Waals surface area contributed by atoms with Crippen molar-refractivity contribution in [2.75, 3.05) is 0 Å². The third-order valence-electron chi connectivity index (χ3n) is 14.9. The van der Waals surface area contributed by atoms with E-state index in [0.29, 0.717) is 75.2 Å². The number of nitro benzene ring substituents is 7. The quantitative estimate of drug-likeness (QED) is 0.0654. The molecule has 0 spiro atoms. The van der Waals surface area contributed by atoms with Gasteiger partial charge in [0.05, 0.1) is 52.7 Å². The van der Waals surface area contributed by atoms with Crippen LogP contribution in [0, 0.1) is 112 Å². The molecule has 0 aliphatic rings. The van der Waals surface area contributed by atoms with Crippen molar-refractivity contribution in [3.63, 3.8) is 0 Å². The molecule has 0 aliphatic carbocycles. The minimum atomic E-state index is -0.753. The van der Waals surface area contributed by atoms with Crippen molar-refractivity contribution < 1.29 is 39.6 Å². The van der Waals surface area contributed by atoms with Crippen LogP contribution in [0.2, 0.25) is 10.0 Å². The van der Waals surface area contributed by atoms with E-state index in [-0.39, 0.29) is 67.4 Å². The molecular weight excluding hydrogens is 1190 g/mol. The summed E-state index contributed by atoms with van der Waals surface area (Å²) in [5.41, 5.74) is 8.66. The van der Waals surface area contributed by atoms with Crippen LogP contribution in [0.5, 0.6) is 5.75 Å². The maximum absolute atomic E-state index is 11.6. The van der Waals surface area contributed by atoms with Gasteiger partial charge in [-0.1, -0.05) is 157 Å². The third kappa shape index (κ3) is 17.0. The zero-order chi connectivity index (χ0) is 65.4. The molecule has 24 heteroatoms. The van der Waals surface area contributed by atoms with Gasteiger partial charge in [-0.2, -0.15) is 0 Å². The van der Waals surface area contributed by atoms with Gasteiger partial charge in [0.1, 0.15) is 10.8 Å². The standard InChI is InChI=1S/C21H18N2O4.C15H13ClN2O5.C15H14N2O4.C14H12ClNO2/c1-15-18(12-16-8-4-2-5-9-16)20(22(24)25)14-21(23(26)27)19(15)13-17-10-6-3-7-11-17;1-8-4-3-5-14(19)10(8)6-11-9(2)15(16)13(18(22)23)7-12(11)17(20)21;1-10-11(2)14(16(18)19)9-15(17(20)21)13(10)8-12-6-4-3-5-7-12;1-10-12(9-11-5-3-2-4-6-11)14(16(17)18)8-7-13(10)15/h2-11,14H,12-13H2,1H3;3-5,7,19H,6H2,1-2H3;3-7,9H,8H2,1-2H3;2-8H,9H2,1H3. The maximum atomic E-state index is 11.6. The number of rotatable bonds is 17. The molecule has 456 valence electrons. The van der Waals surface area contributed by atoms with Crippen LogP contribution in [0.1, 0.15) is 89.0 Å². The lowest BCUT2D eigenvalue weighted by Gasteiger charge is -2.13. The lowest BCUT2D eigenvalue weighted by molar-refractivity contribution is -0.395. The molecule has 0 heterocycles. The predicted molar refractivity (Wildman–Crippen MR) is 339 cm³/mol. The molecule has 9 aromatic rings. The van der Waals surface area contributed by atoms with Gasteiger partial charge in [0, 0.05) is 82.1 Å². The summed E-state index contributed by atoms with van der Waals surface area (Å²) in [5.74, 6) is 0.00757. The molecular formula is C65H57Cl2N7O15. The fourth-order valence-corrected chi connectivity index (χ4v) is 10.3. The summed E-state index contributed by atoms with van der Waals surface area (Å²) in [6.07, 6.45) is 1.65. The Labute approximate surface area is 519 Å². The number of phenolic OH excluding ortho intramolecular Hbond substituents is 1. The molecule has 0 unspecified atom stereocenters. The number of nitrogens with zero attached hydrogens (tertiary/aromatic N) is 7. The van der Waals surface area contributed by atoms with Crippen LogP contribution in [-0.2, 0) is 32.1 Å². The molecule has 1 N–H and O–H groups in total. The summed E-state index contributed by atoms with van der Waals surface area (Å²) in [5, 5.41) is 89.1. The number of aryl methyl sites for hydroxylation is 1. The first-order valence-corrected chi connectivity index (χ1v) is 27.8. The molecule has 0 fully saturated rings. The van der Waals surface area contributed by atoms with Crippen LogP contribution < -0.4 is 0 Å². The fraction of sp³-hybridized carbons (Fsp3) is 0.169. The van der Waals surface area contributed by atoms with E-state index in [1.807, 2.05) is 128 Å². The second-order valence-electron chi connectivity index (χ2n) is 20.3. The Morgan fingerprint density at radius 2 is 0.618 bits per heavy atom. The molecule has 0 atom stereocenters. The van der Waals surface area contributed by atoms with E-state index in [9.17, 15) is 75.9 Å². The van der Waals surface area contributed by atoms with E-state index in [4.69, 9.17) is 23.2 Å². The van der Waals surface area contributed by atoms with E-state index in [1.54, 1.807) is 45.9 Å². The monoisotopic (exact) mass is 1250 g/mol. The fourth-order valence-electron chi connectivity index (χ4n) is 9.87. The Hall–Kier alpha value is -10.8. The first-order chi connectivity index (χ1) is 42.2. The van der Waals surface area contributed by atoms with Gasteiger partial charge in [-0.05, 0) is 104 Å². The normalized spacial score (nSPS) is 10.5. The van der Waals surface area contributed by atoms with Gasteiger partial charge in [-0.3, -0.25) is 70.8 Å². The second-order valence-corrected chi connectivity index (χ2v) is 21.1. The van der Waals surface area contributed by atoms with E-state index < -0.39 is 35.2 Å². The summed E-state index contributed by atoms with van der Waals surface area (Å²) < 4.78 is 0. The van der Waals surface area contributed by atoms with Crippen molar-refractivity contribution in [2.24, 2.45) is 0 Å². The highest BCUT2D eigenvalue weighted by Crippen LogP contribution is 2.40. The number of hydrogen-bond acceptors (Lipinski definition) is 15. The highest BCUT2D eigenvalue weighted by Gasteiger charge is 2.31. The van der Waals surface area contributed by atoms with E-state index in [0.717, 1.165) is 51.6 Å². The number of halogens is 2. The maximum Gasteiger partial charge on any atom is 0.295 e. The molecule has 0 saturated heterocycles. The van der Waals surface area contributed by atoms with E-state index >= 15 is 0 Å². The highest BCUT2D eigenvalue weighted by atomic mass is 35.5. The molecule has 9 rings (SSSR count). The van der Waals surface area contributed by atoms with E-state index in [1.165, 1.54) is 19.1 Å². The Bertz CT molecular complexity index is 4060. The van der Waals surface area contributed by atoms with Crippen LogP contribution in [0.15, 0.2) is 170 Å². The summed E-state index contributed by atoms with van der Waals surface area (Å²) in [6.45, 7) is 10.1. The van der Waals surface area contributed by atoms with Crippen molar-refractivity contribution in [1.82, 2.24) is 0 Å².